The van der Waals surface area contributed by atoms with Crippen molar-refractivity contribution in [2.45, 2.75) is 26.8 Å². The van der Waals surface area contributed by atoms with E-state index in [0.717, 1.165) is 11.1 Å². The number of amidine groups is 1. The van der Waals surface area contributed by atoms with E-state index in [0.29, 0.717) is 17.1 Å². The highest BCUT2D eigenvalue weighted by molar-refractivity contribution is 6.02. The zero-order valence-corrected chi connectivity index (χ0v) is 14.9. The minimum Gasteiger partial charge on any atom is -0.463 e. The molecular weight excluding hydrogens is 333 g/mol. The Hall–Kier alpha value is -3.02. The van der Waals surface area contributed by atoms with E-state index in [1.54, 1.807) is 13.8 Å². The highest BCUT2D eigenvalue weighted by Gasteiger charge is 2.32. The summed E-state index contributed by atoms with van der Waals surface area (Å²) in [6.45, 7) is 5.73. The van der Waals surface area contributed by atoms with Gasteiger partial charge >= 0.3 is 5.97 Å². The smallest absolute Gasteiger partial charge is 0.338 e. The van der Waals surface area contributed by atoms with Crippen LogP contribution in [0.25, 0.3) is 0 Å². The summed E-state index contributed by atoms with van der Waals surface area (Å²) in [5.74, 6) is -0.619. The Morgan fingerprint density at radius 1 is 1.23 bits per heavy atom. The molecule has 1 aliphatic rings. The van der Waals surface area contributed by atoms with Gasteiger partial charge < -0.3 is 10.1 Å². The fourth-order valence-electron chi connectivity index (χ4n) is 2.95. The first-order valence-electron chi connectivity index (χ1n) is 8.42. The number of benzene rings is 1. The second kappa shape index (κ2) is 7.47. The maximum absolute atomic E-state index is 14.2. The lowest BCUT2D eigenvalue weighted by molar-refractivity contribution is -0.138. The van der Waals surface area contributed by atoms with Crippen LogP contribution < -0.4 is 5.32 Å². The van der Waals surface area contributed by atoms with E-state index < -0.39 is 17.8 Å². The fraction of sp³-hybridized carbons (Fsp3) is 0.250. The molecule has 134 valence electrons. The SMILES string of the molecule is CCOC(=O)C1=C(C)NC(c2ncccc2F)=NC1c1ccccc1C. The number of hydrogen-bond donors (Lipinski definition) is 1. The largest absolute Gasteiger partial charge is 0.463 e. The highest BCUT2D eigenvalue weighted by atomic mass is 19.1. The molecule has 0 amide bonds. The molecule has 1 aromatic carbocycles. The van der Waals surface area contributed by atoms with Crippen LogP contribution in [0.2, 0.25) is 0 Å². The third kappa shape index (κ3) is 3.35. The first-order valence-corrected chi connectivity index (χ1v) is 8.42. The molecule has 1 N–H and O–H groups in total. The Kier molecular flexibility index (Phi) is 5.11. The maximum Gasteiger partial charge on any atom is 0.338 e. The van der Waals surface area contributed by atoms with Crippen molar-refractivity contribution in [2.24, 2.45) is 4.99 Å². The predicted molar refractivity (Wildman–Crippen MR) is 97.1 cm³/mol. The molecule has 0 fully saturated rings. The summed E-state index contributed by atoms with van der Waals surface area (Å²) in [4.78, 5) is 21.2. The number of hydrogen-bond acceptors (Lipinski definition) is 5. The molecule has 1 unspecified atom stereocenters. The Morgan fingerprint density at radius 2 is 2.00 bits per heavy atom. The number of halogens is 1. The summed E-state index contributed by atoms with van der Waals surface area (Å²) in [6.07, 6.45) is 1.51. The number of rotatable bonds is 4. The molecule has 26 heavy (non-hydrogen) atoms. The number of pyridine rings is 1. The Labute approximate surface area is 151 Å². The van der Waals surface area contributed by atoms with E-state index in [4.69, 9.17) is 4.74 Å². The lowest BCUT2D eigenvalue weighted by Crippen LogP contribution is -2.34. The van der Waals surface area contributed by atoms with Gasteiger partial charge in [-0.1, -0.05) is 24.3 Å². The molecule has 5 nitrogen and oxygen atoms in total. The fourth-order valence-corrected chi connectivity index (χ4v) is 2.95. The zero-order chi connectivity index (χ0) is 18.7. The molecule has 0 spiro atoms. The van der Waals surface area contributed by atoms with Crippen molar-refractivity contribution in [2.75, 3.05) is 6.61 Å². The second-order valence-corrected chi connectivity index (χ2v) is 5.95. The Morgan fingerprint density at radius 3 is 2.69 bits per heavy atom. The summed E-state index contributed by atoms with van der Waals surface area (Å²) in [5, 5.41) is 3.01. The molecule has 0 saturated heterocycles. The van der Waals surface area contributed by atoms with E-state index in [-0.39, 0.29) is 12.3 Å². The quantitative estimate of drug-likeness (QED) is 0.855. The van der Waals surface area contributed by atoms with Gasteiger partial charge in [-0.05, 0) is 44.0 Å². The molecule has 1 aromatic heterocycles. The molecule has 6 heteroatoms. The lowest BCUT2D eigenvalue weighted by Gasteiger charge is -2.26. The number of aromatic nitrogens is 1. The van der Waals surface area contributed by atoms with Crippen LogP contribution in [0.3, 0.4) is 0 Å². The van der Waals surface area contributed by atoms with Gasteiger partial charge in [-0.2, -0.15) is 0 Å². The number of carbonyl (C=O) groups is 1. The number of carbonyl (C=O) groups excluding carboxylic acids is 1. The minimum atomic E-state index is -0.590. The number of nitrogens with one attached hydrogen (secondary N) is 1. The topological polar surface area (TPSA) is 63.6 Å². The van der Waals surface area contributed by atoms with Crippen LogP contribution >= 0.6 is 0 Å². The summed E-state index contributed by atoms with van der Waals surface area (Å²) in [5.41, 5.74) is 2.96. The lowest BCUT2D eigenvalue weighted by atomic mass is 9.92. The molecule has 2 aromatic rings. The van der Waals surface area contributed by atoms with Crippen LogP contribution in [0.4, 0.5) is 4.39 Å². The van der Waals surface area contributed by atoms with E-state index in [2.05, 4.69) is 15.3 Å². The molecule has 0 bridgehead atoms. The predicted octanol–water partition coefficient (Wildman–Crippen LogP) is 3.46. The number of allylic oxidation sites excluding steroid dienone is 1. The maximum atomic E-state index is 14.2. The van der Waals surface area contributed by atoms with Gasteiger partial charge in [0.25, 0.3) is 0 Å². The number of aliphatic imine (C=N–C) groups is 1. The van der Waals surface area contributed by atoms with Crippen LogP contribution in [-0.4, -0.2) is 23.4 Å². The molecule has 1 aliphatic heterocycles. The number of nitrogens with zero attached hydrogens (tertiary/aromatic N) is 2. The van der Waals surface area contributed by atoms with Crippen molar-refractivity contribution >= 4 is 11.8 Å². The molecule has 2 heterocycles. The Bertz CT molecular complexity index is 905. The molecule has 3 rings (SSSR count). The van der Waals surface area contributed by atoms with Crippen molar-refractivity contribution in [1.82, 2.24) is 10.3 Å². The number of esters is 1. The molecular formula is C20H20FN3O2. The summed E-state index contributed by atoms with van der Waals surface area (Å²) in [6, 6.07) is 9.93. The minimum absolute atomic E-state index is 0.119. The molecule has 1 atom stereocenters. The van der Waals surface area contributed by atoms with Crippen molar-refractivity contribution in [3.8, 4) is 0 Å². The molecule has 0 aliphatic carbocycles. The highest BCUT2D eigenvalue weighted by Crippen LogP contribution is 2.33. The van der Waals surface area contributed by atoms with Gasteiger partial charge in [0.05, 0.1) is 12.2 Å². The van der Waals surface area contributed by atoms with E-state index in [9.17, 15) is 9.18 Å². The third-order valence-corrected chi connectivity index (χ3v) is 4.20. The average molecular weight is 353 g/mol. The summed E-state index contributed by atoms with van der Waals surface area (Å²) in [7, 11) is 0. The van der Waals surface area contributed by atoms with Gasteiger partial charge in [0.1, 0.15) is 11.7 Å². The number of aryl methyl sites for hydroxylation is 1. The van der Waals surface area contributed by atoms with Crippen molar-refractivity contribution in [3.63, 3.8) is 0 Å². The Balaban J connectivity index is 2.14. The number of ether oxygens (including phenoxy) is 1. The van der Waals surface area contributed by atoms with Gasteiger partial charge in [0, 0.05) is 11.9 Å². The van der Waals surface area contributed by atoms with E-state index in [1.807, 2.05) is 31.2 Å². The van der Waals surface area contributed by atoms with Gasteiger partial charge in [0.15, 0.2) is 11.7 Å². The van der Waals surface area contributed by atoms with Gasteiger partial charge in [-0.25, -0.2) is 14.2 Å². The zero-order valence-electron chi connectivity index (χ0n) is 14.9. The first kappa shape index (κ1) is 17.8. The standard InChI is InChI=1S/C20H20FN3O2/c1-4-26-20(25)16-13(3)23-19(18-15(21)10-7-11-22-18)24-17(16)14-9-6-5-8-12(14)2/h5-11,17H,4H2,1-3H3,(H,23,24). The average Bonchev–Trinajstić information content (AvgIpc) is 2.62. The first-order chi connectivity index (χ1) is 12.5. The van der Waals surface area contributed by atoms with Crippen LogP contribution in [-0.2, 0) is 9.53 Å². The summed E-state index contributed by atoms with van der Waals surface area (Å²) >= 11 is 0. The van der Waals surface area contributed by atoms with Gasteiger partial charge in [-0.3, -0.25) is 4.99 Å². The van der Waals surface area contributed by atoms with Crippen molar-refractivity contribution < 1.29 is 13.9 Å². The van der Waals surface area contributed by atoms with Crippen LogP contribution in [0.15, 0.2) is 58.9 Å². The second-order valence-electron chi connectivity index (χ2n) is 5.95. The van der Waals surface area contributed by atoms with Crippen LogP contribution in [0, 0.1) is 12.7 Å². The normalized spacial score (nSPS) is 16.8. The van der Waals surface area contributed by atoms with E-state index in [1.165, 1.54) is 18.3 Å². The van der Waals surface area contributed by atoms with Gasteiger partial charge in [0.2, 0.25) is 0 Å². The van der Waals surface area contributed by atoms with Crippen molar-refractivity contribution in [1.29, 1.82) is 0 Å². The monoisotopic (exact) mass is 353 g/mol. The molecule has 0 radical (unpaired) electrons. The summed E-state index contributed by atoms with van der Waals surface area (Å²) < 4.78 is 19.4. The molecule has 0 saturated carbocycles. The van der Waals surface area contributed by atoms with Crippen LogP contribution in [0.1, 0.15) is 36.7 Å². The van der Waals surface area contributed by atoms with Crippen LogP contribution in [0.5, 0.6) is 0 Å². The van der Waals surface area contributed by atoms with Crippen molar-refractivity contribution in [3.05, 3.63) is 76.5 Å². The van der Waals surface area contributed by atoms with E-state index >= 15 is 0 Å². The third-order valence-electron chi connectivity index (χ3n) is 4.20. The van der Waals surface area contributed by atoms with Gasteiger partial charge in [-0.15, -0.1) is 0 Å².